The summed E-state index contributed by atoms with van der Waals surface area (Å²) in [7, 11) is 0. The number of aliphatic carboxylic acids is 1. The van der Waals surface area contributed by atoms with E-state index in [0.717, 1.165) is 19.4 Å². The first kappa shape index (κ1) is 20.2. The molecule has 144 valence electrons. The second-order valence-electron chi connectivity index (χ2n) is 7.93. The molecule has 0 spiro atoms. The minimum Gasteiger partial charge on any atom is -0.491 e. The third kappa shape index (κ3) is 6.67. The van der Waals surface area contributed by atoms with Crippen molar-refractivity contribution in [1.29, 1.82) is 0 Å². The molecule has 6 nitrogen and oxygen atoms in total. The smallest absolute Gasteiger partial charge is 0.326 e. The summed E-state index contributed by atoms with van der Waals surface area (Å²) in [6.45, 7) is 7.42. The van der Waals surface area contributed by atoms with Gasteiger partial charge in [-0.3, -0.25) is 4.79 Å². The maximum absolute atomic E-state index is 12.3. The predicted molar refractivity (Wildman–Crippen MR) is 98.5 cm³/mol. The molecule has 1 fully saturated rings. The molecule has 2 N–H and O–H groups in total. The van der Waals surface area contributed by atoms with Crippen LogP contribution in [0.5, 0.6) is 5.75 Å². The van der Waals surface area contributed by atoms with Crippen LogP contribution in [0.15, 0.2) is 24.3 Å². The normalized spacial score (nSPS) is 18.3. The molecule has 0 bridgehead atoms. The lowest BCUT2D eigenvalue weighted by Gasteiger charge is -2.21. The fraction of sp³-hybridized carbons (Fsp3) is 0.600. The number of benzene rings is 1. The van der Waals surface area contributed by atoms with E-state index in [-0.39, 0.29) is 11.5 Å². The van der Waals surface area contributed by atoms with Crippen LogP contribution >= 0.6 is 0 Å². The van der Waals surface area contributed by atoms with Gasteiger partial charge in [0.2, 0.25) is 0 Å². The molecular weight excluding hydrogens is 334 g/mol. The fourth-order valence-electron chi connectivity index (χ4n) is 2.74. The maximum atomic E-state index is 12.3. The monoisotopic (exact) mass is 363 g/mol. The van der Waals surface area contributed by atoms with Gasteiger partial charge in [0.1, 0.15) is 18.4 Å². The minimum absolute atomic E-state index is 0.0143. The summed E-state index contributed by atoms with van der Waals surface area (Å²) in [6, 6.07) is 5.83. The molecule has 1 aliphatic rings. The Kier molecular flexibility index (Phi) is 7.03. The van der Waals surface area contributed by atoms with Crippen LogP contribution in [0.4, 0.5) is 0 Å². The zero-order valence-electron chi connectivity index (χ0n) is 15.8. The molecule has 1 amide bonds. The molecular formula is C20H29NO5. The second-order valence-corrected chi connectivity index (χ2v) is 7.93. The molecule has 2 unspecified atom stereocenters. The molecule has 0 aromatic heterocycles. The van der Waals surface area contributed by atoms with E-state index in [2.05, 4.69) is 5.32 Å². The van der Waals surface area contributed by atoms with Crippen molar-refractivity contribution in [3.63, 3.8) is 0 Å². The van der Waals surface area contributed by atoms with Gasteiger partial charge < -0.3 is 19.9 Å². The largest absolute Gasteiger partial charge is 0.491 e. The zero-order chi connectivity index (χ0) is 19.2. The van der Waals surface area contributed by atoms with Crippen LogP contribution in [0, 0.1) is 5.41 Å². The van der Waals surface area contributed by atoms with Crippen LogP contribution in [0.25, 0.3) is 0 Å². The summed E-state index contributed by atoms with van der Waals surface area (Å²) in [5, 5.41) is 11.9. The first-order valence-electron chi connectivity index (χ1n) is 9.13. The Morgan fingerprint density at radius 3 is 2.54 bits per heavy atom. The van der Waals surface area contributed by atoms with Gasteiger partial charge in [0.15, 0.2) is 0 Å². The Labute approximate surface area is 154 Å². The Bertz CT molecular complexity index is 600. The third-order valence-corrected chi connectivity index (χ3v) is 4.36. The van der Waals surface area contributed by atoms with Crippen molar-refractivity contribution in [2.45, 2.75) is 58.6 Å². The van der Waals surface area contributed by atoms with E-state index < -0.39 is 17.9 Å². The van der Waals surface area contributed by atoms with E-state index in [0.29, 0.717) is 30.8 Å². The molecule has 6 heteroatoms. The highest BCUT2D eigenvalue weighted by atomic mass is 16.5. The molecule has 1 aromatic rings. The Hall–Kier alpha value is -2.08. The molecule has 1 aromatic carbocycles. The lowest BCUT2D eigenvalue weighted by atomic mass is 9.88. The number of amides is 1. The minimum atomic E-state index is -1.01. The average molecular weight is 363 g/mol. The first-order valence-corrected chi connectivity index (χ1v) is 9.13. The van der Waals surface area contributed by atoms with E-state index in [1.165, 1.54) is 0 Å². The molecule has 2 atom stereocenters. The van der Waals surface area contributed by atoms with Gasteiger partial charge in [-0.2, -0.15) is 0 Å². The molecule has 0 saturated carbocycles. The number of rotatable bonds is 8. The quantitative estimate of drug-likeness (QED) is 0.740. The van der Waals surface area contributed by atoms with Crippen LogP contribution in [0.2, 0.25) is 0 Å². The van der Waals surface area contributed by atoms with Crippen LogP contribution in [-0.4, -0.2) is 42.3 Å². The Morgan fingerprint density at radius 1 is 1.31 bits per heavy atom. The highest BCUT2D eigenvalue weighted by molar-refractivity contribution is 5.96. The number of carboxylic acid groups (broad SMARTS) is 1. The van der Waals surface area contributed by atoms with Gasteiger partial charge in [-0.25, -0.2) is 4.79 Å². The van der Waals surface area contributed by atoms with Gasteiger partial charge in [-0.05, 0) is 55.4 Å². The molecule has 1 aliphatic heterocycles. The third-order valence-electron chi connectivity index (χ3n) is 4.36. The van der Waals surface area contributed by atoms with Gasteiger partial charge in [-0.15, -0.1) is 0 Å². The van der Waals surface area contributed by atoms with Crippen molar-refractivity contribution in [3.05, 3.63) is 29.8 Å². The molecule has 0 aliphatic carbocycles. The predicted octanol–water partition coefficient (Wildman–Crippen LogP) is 3.25. The van der Waals surface area contributed by atoms with Crippen LogP contribution in [-0.2, 0) is 9.53 Å². The Morgan fingerprint density at radius 2 is 2.00 bits per heavy atom. The van der Waals surface area contributed by atoms with Crippen molar-refractivity contribution < 1.29 is 24.2 Å². The standard InChI is InChI=1S/C20H29NO5/c1-20(2,3)11-10-17(19(23)24)21-18(22)14-6-8-15(9-7-14)26-13-16-5-4-12-25-16/h6-9,16-17H,4-5,10-13H2,1-3H3,(H,21,22)(H,23,24). The highest BCUT2D eigenvalue weighted by Gasteiger charge is 2.23. The van der Waals surface area contributed by atoms with E-state index in [9.17, 15) is 14.7 Å². The molecule has 1 heterocycles. The van der Waals surface area contributed by atoms with Crippen LogP contribution < -0.4 is 10.1 Å². The number of hydrogen-bond acceptors (Lipinski definition) is 4. The average Bonchev–Trinajstić information content (AvgIpc) is 3.09. The summed E-state index contributed by atoms with van der Waals surface area (Å²) in [5.41, 5.74) is 0.428. The number of carbonyl (C=O) groups is 2. The summed E-state index contributed by atoms with van der Waals surface area (Å²) in [5.74, 6) is -0.740. The van der Waals surface area contributed by atoms with Crippen LogP contribution in [0.1, 0.15) is 56.8 Å². The lowest BCUT2D eigenvalue weighted by Crippen LogP contribution is -2.41. The van der Waals surface area contributed by atoms with Gasteiger partial charge in [0.05, 0.1) is 6.10 Å². The van der Waals surface area contributed by atoms with Gasteiger partial charge in [0.25, 0.3) is 5.91 Å². The topological polar surface area (TPSA) is 84.9 Å². The number of carboxylic acids is 1. The molecule has 1 saturated heterocycles. The molecule has 26 heavy (non-hydrogen) atoms. The van der Waals surface area contributed by atoms with E-state index >= 15 is 0 Å². The molecule has 0 radical (unpaired) electrons. The first-order chi connectivity index (χ1) is 12.2. The zero-order valence-corrected chi connectivity index (χ0v) is 15.8. The van der Waals surface area contributed by atoms with Crippen molar-refractivity contribution in [2.75, 3.05) is 13.2 Å². The van der Waals surface area contributed by atoms with Gasteiger partial charge in [-0.1, -0.05) is 20.8 Å². The molecule has 2 rings (SSSR count). The number of nitrogens with one attached hydrogen (secondary N) is 1. The van der Waals surface area contributed by atoms with Crippen molar-refractivity contribution in [2.24, 2.45) is 5.41 Å². The second kappa shape index (κ2) is 9.03. The van der Waals surface area contributed by atoms with E-state index in [1.54, 1.807) is 24.3 Å². The summed E-state index contributed by atoms with van der Waals surface area (Å²) < 4.78 is 11.2. The van der Waals surface area contributed by atoms with Gasteiger partial charge >= 0.3 is 5.97 Å². The van der Waals surface area contributed by atoms with Crippen molar-refractivity contribution in [1.82, 2.24) is 5.32 Å². The van der Waals surface area contributed by atoms with Crippen molar-refractivity contribution >= 4 is 11.9 Å². The SMILES string of the molecule is CC(C)(C)CCC(NC(=O)c1ccc(OCC2CCCO2)cc1)C(=O)O. The van der Waals surface area contributed by atoms with Crippen LogP contribution in [0.3, 0.4) is 0 Å². The lowest BCUT2D eigenvalue weighted by molar-refractivity contribution is -0.139. The number of ether oxygens (including phenoxy) is 2. The van der Waals surface area contributed by atoms with E-state index in [1.807, 2.05) is 20.8 Å². The maximum Gasteiger partial charge on any atom is 0.326 e. The fourth-order valence-corrected chi connectivity index (χ4v) is 2.74. The van der Waals surface area contributed by atoms with Gasteiger partial charge in [0, 0.05) is 12.2 Å². The number of hydrogen-bond donors (Lipinski definition) is 2. The summed E-state index contributed by atoms with van der Waals surface area (Å²) in [4.78, 5) is 23.7. The highest BCUT2D eigenvalue weighted by Crippen LogP contribution is 2.22. The van der Waals surface area contributed by atoms with E-state index in [4.69, 9.17) is 9.47 Å². The van der Waals surface area contributed by atoms with Crippen molar-refractivity contribution in [3.8, 4) is 5.75 Å². The summed E-state index contributed by atoms with van der Waals surface area (Å²) in [6.07, 6.45) is 3.31. The summed E-state index contributed by atoms with van der Waals surface area (Å²) >= 11 is 0. The Balaban J connectivity index is 1.87. The number of carbonyl (C=O) groups excluding carboxylic acids is 1.